The normalized spacial score (nSPS) is 19.6. The van der Waals surface area contributed by atoms with Crippen molar-refractivity contribution in [2.24, 2.45) is 0 Å². The Balaban J connectivity index is 1.79. The second kappa shape index (κ2) is 4.18. The second-order valence-electron chi connectivity index (χ2n) is 4.03. The SMILES string of the molecule is O=C(OC1CCOC1)c1ccc2cncn2c1. The highest BCUT2D eigenvalue weighted by Gasteiger charge is 2.20. The molecular weight excluding hydrogens is 220 g/mol. The Morgan fingerprint density at radius 3 is 3.29 bits per heavy atom. The van der Waals surface area contributed by atoms with Gasteiger partial charge >= 0.3 is 5.97 Å². The zero-order chi connectivity index (χ0) is 11.7. The second-order valence-corrected chi connectivity index (χ2v) is 4.03. The third kappa shape index (κ3) is 2.01. The van der Waals surface area contributed by atoms with Crippen molar-refractivity contribution in [1.29, 1.82) is 0 Å². The molecule has 1 aliphatic heterocycles. The number of carbonyl (C=O) groups excluding carboxylic acids is 1. The summed E-state index contributed by atoms with van der Waals surface area (Å²) in [6.07, 6.45) is 5.78. The van der Waals surface area contributed by atoms with Gasteiger partial charge in [0.05, 0.1) is 36.8 Å². The van der Waals surface area contributed by atoms with Crippen LogP contribution in [0.25, 0.3) is 5.52 Å². The number of carbonyl (C=O) groups is 1. The summed E-state index contributed by atoms with van der Waals surface area (Å²) in [6, 6.07) is 3.59. The van der Waals surface area contributed by atoms with E-state index in [0.29, 0.717) is 18.8 Å². The highest BCUT2D eigenvalue weighted by atomic mass is 16.6. The summed E-state index contributed by atoms with van der Waals surface area (Å²) in [5.41, 5.74) is 1.48. The summed E-state index contributed by atoms with van der Waals surface area (Å²) in [5, 5.41) is 0. The molecular formula is C12H12N2O3. The maximum Gasteiger partial charge on any atom is 0.339 e. The van der Waals surface area contributed by atoms with Gasteiger partial charge in [-0.3, -0.25) is 0 Å². The van der Waals surface area contributed by atoms with Gasteiger partial charge in [-0.2, -0.15) is 0 Å². The Kier molecular flexibility index (Phi) is 2.53. The summed E-state index contributed by atoms with van der Waals surface area (Å²) in [6.45, 7) is 1.16. The fraction of sp³-hybridized carbons (Fsp3) is 0.333. The molecule has 0 aromatic carbocycles. The van der Waals surface area contributed by atoms with E-state index in [0.717, 1.165) is 11.9 Å². The Morgan fingerprint density at radius 1 is 1.53 bits per heavy atom. The molecule has 2 aromatic rings. The van der Waals surface area contributed by atoms with Crippen LogP contribution < -0.4 is 0 Å². The summed E-state index contributed by atoms with van der Waals surface area (Å²) < 4.78 is 12.3. The van der Waals surface area contributed by atoms with Crippen LogP contribution in [0.2, 0.25) is 0 Å². The molecule has 0 bridgehead atoms. The maximum atomic E-state index is 11.9. The number of nitrogens with zero attached hydrogens (tertiary/aromatic N) is 2. The van der Waals surface area contributed by atoms with Gasteiger partial charge in [0.2, 0.25) is 0 Å². The van der Waals surface area contributed by atoms with Crippen molar-refractivity contribution >= 4 is 11.5 Å². The number of imidazole rings is 1. The Hall–Kier alpha value is -1.88. The van der Waals surface area contributed by atoms with Gasteiger partial charge < -0.3 is 13.9 Å². The minimum Gasteiger partial charge on any atom is -0.456 e. The number of hydrogen-bond donors (Lipinski definition) is 0. The minimum atomic E-state index is -0.309. The average molecular weight is 232 g/mol. The average Bonchev–Trinajstić information content (AvgIpc) is 2.97. The molecule has 0 radical (unpaired) electrons. The van der Waals surface area contributed by atoms with E-state index < -0.39 is 0 Å². The van der Waals surface area contributed by atoms with Crippen molar-refractivity contribution in [1.82, 2.24) is 9.38 Å². The van der Waals surface area contributed by atoms with E-state index in [1.54, 1.807) is 29.2 Å². The first-order chi connectivity index (χ1) is 8.33. The molecule has 1 saturated heterocycles. The van der Waals surface area contributed by atoms with Crippen LogP contribution in [0.5, 0.6) is 0 Å². The van der Waals surface area contributed by atoms with Gasteiger partial charge in [0.1, 0.15) is 6.10 Å². The van der Waals surface area contributed by atoms with Crippen molar-refractivity contribution < 1.29 is 14.3 Å². The van der Waals surface area contributed by atoms with E-state index in [2.05, 4.69) is 4.98 Å². The summed E-state index contributed by atoms with van der Waals surface area (Å²) in [7, 11) is 0. The highest BCUT2D eigenvalue weighted by Crippen LogP contribution is 2.12. The predicted molar refractivity (Wildman–Crippen MR) is 59.8 cm³/mol. The quantitative estimate of drug-likeness (QED) is 0.732. The lowest BCUT2D eigenvalue weighted by Gasteiger charge is -2.09. The number of ether oxygens (including phenoxy) is 2. The van der Waals surface area contributed by atoms with Gasteiger partial charge in [-0.25, -0.2) is 9.78 Å². The topological polar surface area (TPSA) is 52.8 Å². The molecule has 3 heterocycles. The molecule has 1 fully saturated rings. The van der Waals surface area contributed by atoms with Crippen LogP contribution >= 0.6 is 0 Å². The predicted octanol–water partition coefficient (Wildman–Crippen LogP) is 1.28. The zero-order valence-corrected chi connectivity index (χ0v) is 9.20. The molecule has 1 atom stereocenters. The molecule has 3 rings (SSSR count). The number of pyridine rings is 1. The van der Waals surface area contributed by atoms with Crippen LogP contribution in [-0.2, 0) is 9.47 Å². The smallest absolute Gasteiger partial charge is 0.339 e. The first-order valence-electron chi connectivity index (χ1n) is 5.53. The molecule has 2 aromatic heterocycles. The molecule has 5 heteroatoms. The van der Waals surface area contributed by atoms with Gasteiger partial charge in [0, 0.05) is 12.6 Å². The maximum absolute atomic E-state index is 11.9. The number of esters is 1. The molecule has 0 saturated carbocycles. The Labute approximate surface area is 98.0 Å². The van der Waals surface area contributed by atoms with Crippen LogP contribution in [0.15, 0.2) is 30.9 Å². The van der Waals surface area contributed by atoms with Gasteiger partial charge in [0.15, 0.2) is 0 Å². The molecule has 0 amide bonds. The summed E-state index contributed by atoms with van der Waals surface area (Å²) >= 11 is 0. The number of aromatic nitrogens is 2. The fourth-order valence-corrected chi connectivity index (χ4v) is 1.87. The van der Waals surface area contributed by atoms with Crippen molar-refractivity contribution in [2.75, 3.05) is 13.2 Å². The number of hydrogen-bond acceptors (Lipinski definition) is 4. The lowest BCUT2D eigenvalue weighted by Crippen LogP contribution is -2.18. The largest absolute Gasteiger partial charge is 0.456 e. The van der Waals surface area contributed by atoms with E-state index in [-0.39, 0.29) is 12.1 Å². The van der Waals surface area contributed by atoms with E-state index in [1.165, 1.54) is 0 Å². The van der Waals surface area contributed by atoms with Gasteiger partial charge in [-0.05, 0) is 12.1 Å². The molecule has 88 valence electrons. The van der Waals surface area contributed by atoms with Crippen molar-refractivity contribution in [2.45, 2.75) is 12.5 Å². The molecule has 0 N–H and O–H groups in total. The van der Waals surface area contributed by atoms with E-state index in [4.69, 9.17) is 9.47 Å². The number of rotatable bonds is 2. The van der Waals surface area contributed by atoms with Crippen LogP contribution in [-0.4, -0.2) is 34.7 Å². The lowest BCUT2D eigenvalue weighted by molar-refractivity contribution is 0.0270. The first kappa shape index (κ1) is 10.3. The fourth-order valence-electron chi connectivity index (χ4n) is 1.87. The standard InChI is InChI=1S/C12H12N2O3/c15-12(17-11-3-4-16-7-11)9-1-2-10-5-13-8-14(10)6-9/h1-2,5-6,8,11H,3-4,7H2. The van der Waals surface area contributed by atoms with Gasteiger partial charge in [0.25, 0.3) is 0 Å². The molecule has 1 aliphatic rings. The van der Waals surface area contributed by atoms with Gasteiger partial charge in [-0.15, -0.1) is 0 Å². The minimum absolute atomic E-state index is 0.110. The van der Waals surface area contributed by atoms with Gasteiger partial charge in [-0.1, -0.05) is 0 Å². The molecule has 0 spiro atoms. The van der Waals surface area contributed by atoms with Crippen molar-refractivity contribution in [3.63, 3.8) is 0 Å². The van der Waals surface area contributed by atoms with Crippen molar-refractivity contribution in [3.05, 3.63) is 36.4 Å². The van der Waals surface area contributed by atoms with Crippen molar-refractivity contribution in [3.8, 4) is 0 Å². The van der Waals surface area contributed by atoms with Crippen LogP contribution in [0, 0.1) is 0 Å². The molecule has 17 heavy (non-hydrogen) atoms. The first-order valence-corrected chi connectivity index (χ1v) is 5.53. The monoisotopic (exact) mass is 232 g/mol. The van der Waals surface area contributed by atoms with Crippen LogP contribution in [0.4, 0.5) is 0 Å². The lowest BCUT2D eigenvalue weighted by atomic mass is 10.2. The third-order valence-electron chi connectivity index (χ3n) is 2.81. The Bertz CT molecular complexity index is 543. The molecule has 1 unspecified atom stereocenters. The molecule has 5 nitrogen and oxygen atoms in total. The van der Waals surface area contributed by atoms with Crippen LogP contribution in [0.1, 0.15) is 16.8 Å². The van der Waals surface area contributed by atoms with E-state index in [9.17, 15) is 4.79 Å². The number of fused-ring (bicyclic) bond motifs is 1. The summed E-state index contributed by atoms with van der Waals surface area (Å²) in [5.74, 6) is -0.309. The molecule has 0 aliphatic carbocycles. The highest BCUT2D eigenvalue weighted by molar-refractivity contribution is 5.89. The van der Waals surface area contributed by atoms with E-state index in [1.807, 2.05) is 6.07 Å². The Morgan fingerprint density at radius 2 is 2.47 bits per heavy atom. The van der Waals surface area contributed by atoms with Crippen LogP contribution in [0.3, 0.4) is 0 Å². The van der Waals surface area contributed by atoms with E-state index >= 15 is 0 Å². The zero-order valence-electron chi connectivity index (χ0n) is 9.20. The summed E-state index contributed by atoms with van der Waals surface area (Å²) in [4.78, 5) is 15.9. The third-order valence-corrected chi connectivity index (χ3v) is 2.81.